The minimum Gasteiger partial charge on any atom is -0.484 e. The number of carbonyl (C=O) groups is 2. The number of nitrogen functional groups attached to an aromatic ring is 1. The predicted octanol–water partition coefficient (Wildman–Crippen LogP) is 2.28. The Bertz CT molecular complexity index is 1090. The molecule has 9 nitrogen and oxygen atoms in total. The Morgan fingerprint density at radius 2 is 2.00 bits per heavy atom. The van der Waals surface area contributed by atoms with E-state index in [4.69, 9.17) is 15.7 Å². The number of rotatable bonds is 7. The van der Waals surface area contributed by atoms with Gasteiger partial charge in [0.1, 0.15) is 18.4 Å². The van der Waals surface area contributed by atoms with E-state index in [9.17, 15) is 22.8 Å². The zero-order chi connectivity index (χ0) is 24.9. The zero-order valence-corrected chi connectivity index (χ0v) is 18.1. The zero-order valence-electron chi connectivity index (χ0n) is 18.1. The first-order chi connectivity index (χ1) is 16.1. The average molecular weight is 477 g/mol. The van der Waals surface area contributed by atoms with Crippen molar-refractivity contribution in [3.8, 4) is 17.6 Å². The van der Waals surface area contributed by atoms with Crippen molar-refractivity contribution in [2.75, 3.05) is 25.4 Å². The van der Waals surface area contributed by atoms with Gasteiger partial charge in [-0.1, -0.05) is 19.1 Å². The van der Waals surface area contributed by atoms with E-state index in [1.54, 1.807) is 11.0 Å². The molecule has 3 N–H and O–H groups in total. The van der Waals surface area contributed by atoms with Crippen LogP contribution in [0.15, 0.2) is 36.5 Å². The number of amides is 2. The number of hydrogen-bond acceptors (Lipinski definition) is 7. The number of nitrogens with one attached hydrogen (secondary N) is 1. The van der Waals surface area contributed by atoms with Crippen LogP contribution in [-0.4, -0.2) is 53.8 Å². The third-order valence-electron chi connectivity index (χ3n) is 5.16. The Morgan fingerprint density at radius 3 is 2.65 bits per heavy atom. The predicted molar refractivity (Wildman–Crippen MR) is 114 cm³/mol. The van der Waals surface area contributed by atoms with Gasteiger partial charge in [-0.05, 0) is 23.8 Å². The van der Waals surface area contributed by atoms with E-state index >= 15 is 0 Å². The summed E-state index contributed by atoms with van der Waals surface area (Å²) in [6.07, 6.45) is -3.91. The molecule has 12 heteroatoms. The number of benzene rings is 1. The molecular formula is C22H22F3N5O4. The summed E-state index contributed by atoms with van der Waals surface area (Å²) in [7, 11) is 0. The molecule has 180 valence electrons. The number of carbonyl (C=O) groups excluding carboxylic acids is 2. The van der Waals surface area contributed by atoms with Crippen LogP contribution in [0, 0.1) is 17.2 Å². The molecule has 1 fully saturated rings. The van der Waals surface area contributed by atoms with Crippen LogP contribution in [-0.2, 0) is 11.2 Å². The highest BCUT2D eigenvalue weighted by molar-refractivity contribution is 5.94. The number of anilines is 1. The second kappa shape index (κ2) is 10.3. The van der Waals surface area contributed by atoms with Crippen LogP contribution in [0.5, 0.6) is 11.5 Å². The molecule has 2 amide bonds. The molecule has 0 bridgehead atoms. The molecule has 0 saturated carbocycles. The van der Waals surface area contributed by atoms with Crippen LogP contribution in [0.3, 0.4) is 0 Å². The fourth-order valence-electron chi connectivity index (χ4n) is 3.45. The lowest BCUT2D eigenvalue weighted by molar-refractivity contribution is -0.274. The molecule has 1 saturated heterocycles. The molecule has 0 spiro atoms. The second-order valence-electron chi connectivity index (χ2n) is 7.75. The number of nitrogens with two attached hydrogens (primary N) is 1. The van der Waals surface area contributed by atoms with E-state index in [0.29, 0.717) is 12.1 Å². The summed E-state index contributed by atoms with van der Waals surface area (Å²) >= 11 is 0. The maximum Gasteiger partial charge on any atom is 0.573 e. The maximum absolute atomic E-state index is 12.7. The Labute approximate surface area is 193 Å². The third kappa shape index (κ3) is 6.50. The Hall–Kier alpha value is -4.01. The lowest BCUT2D eigenvalue weighted by atomic mass is 10.1. The fraction of sp³-hybridized carbons (Fsp3) is 0.364. The minimum atomic E-state index is -4.78. The van der Waals surface area contributed by atoms with Crippen molar-refractivity contribution in [3.63, 3.8) is 0 Å². The Balaban J connectivity index is 1.60. The fourth-order valence-corrected chi connectivity index (χ4v) is 3.45. The number of nitriles is 1. The highest BCUT2D eigenvalue weighted by atomic mass is 19.4. The van der Waals surface area contributed by atoms with Crippen LogP contribution in [0.1, 0.15) is 22.8 Å². The summed E-state index contributed by atoms with van der Waals surface area (Å²) in [5, 5.41) is 11.0. The Morgan fingerprint density at radius 1 is 1.29 bits per heavy atom. The second-order valence-corrected chi connectivity index (χ2v) is 7.75. The number of halogens is 3. The van der Waals surface area contributed by atoms with Crippen molar-refractivity contribution in [1.82, 2.24) is 15.2 Å². The number of likely N-dealkylation sites (tertiary alicyclic amines) is 1. The van der Waals surface area contributed by atoms with Gasteiger partial charge in [0.05, 0.1) is 24.6 Å². The van der Waals surface area contributed by atoms with Crippen molar-refractivity contribution in [2.24, 2.45) is 5.92 Å². The van der Waals surface area contributed by atoms with Gasteiger partial charge in [0, 0.05) is 18.7 Å². The summed E-state index contributed by atoms with van der Waals surface area (Å²) in [4.78, 5) is 30.3. The first kappa shape index (κ1) is 24.6. The number of alkyl halides is 3. The van der Waals surface area contributed by atoms with Crippen molar-refractivity contribution >= 4 is 17.6 Å². The maximum atomic E-state index is 12.7. The summed E-state index contributed by atoms with van der Waals surface area (Å²) in [5.41, 5.74) is 6.60. The first-order valence-electron chi connectivity index (χ1n) is 10.3. The van der Waals surface area contributed by atoms with Crippen LogP contribution in [0.2, 0.25) is 0 Å². The standard InChI is InChI=1S/C22H22F3N5O4/c1-13-11-30(19(31)8-14-2-4-16(5-3-14)34-22(23,24)25)12-18(13)33-17-9-15(10-29-20(17)27)21(32)28-7-6-26/h2-5,9-10,13,18H,7-8,11-12H2,1H3,(H2,27,29)(H,28,32). The van der Waals surface area contributed by atoms with Gasteiger partial charge in [-0.25, -0.2) is 4.98 Å². The molecule has 2 atom stereocenters. The molecule has 2 heterocycles. The normalized spacial score (nSPS) is 17.7. The number of ether oxygens (including phenoxy) is 2. The van der Waals surface area contributed by atoms with Gasteiger partial charge in [0.2, 0.25) is 5.91 Å². The van der Waals surface area contributed by atoms with Crippen LogP contribution in [0.4, 0.5) is 19.0 Å². The molecular weight excluding hydrogens is 455 g/mol. The molecule has 1 aliphatic rings. The van der Waals surface area contributed by atoms with Gasteiger partial charge in [0.25, 0.3) is 5.91 Å². The van der Waals surface area contributed by atoms with E-state index in [-0.39, 0.29) is 54.2 Å². The number of pyridine rings is 1. The number of hydrogen-bond donors (Lipinski definition) is 2. The Kier molecular flexibility index (Phi) is 7.45. The third-order valence-corrected chi connectivity index (χ3v) is 5.16. The van der Waals surface area contributed by atoms with E-state index < -0.39 is 18.4 Å². The van der Waals surface area contributed by atoms with Crippen molar-refractivity contribution in [1.29, 1.82) is 5.26 Å². The molecule has 1 aromatic carbocycles. The molecule has 2 unspecified atom stereocenters. The van der Waals surface area contributed by atoms with Crippen molar-refractivity contribution in [2.45, 2.75) is 25.8 Å². The topological polar surface area (TPSA) is 131 Å². The molecule has 2 aromatic rings. The quantitative estimate of drug-likeness (QED) is 0.585. The van der Waals surface area contributed by atoms with E-state index in [2.05, 4.69) is 15.0 Å². The van der Waals surface area contributed by atoms with Crippen molar-refractivity contribution < 1.29 is 32.2 Å². The molecule has 1 aromatic heterocycles. The largest absolute Gasteiger partial charge is 0.573 e. The van der Waals surface area contributed by atoms with Crippen LogP contribution >= 0.6 is 0 Å². The van der Waals surface area contributed by atoms with Crippen LogP contribution in [0.25, 0.3) is 0 Å². The molecule has 0 aliphatic carbocycles. The van der Waals surface area contributed by atoms with Gasteiger partial charge in [-0.2, -0.15) is 5.26 Å². The smallest absolute Gasteiger partial charge is 0.484 e. The molecule has 0 radical (unpaired) electrons. The van der Waals surface area contributed by atoms with E-state index in [1.165, 1.54) is 24.4 Å². The van der Waals surface area contributed by atoms with Gasteiger partial charge in [0.15, 0.2) is 11.6 Å². The van der Waals surface area contributed by atoms with Crippen molar-refractivity contribution in [3.05, 3.63) is 47.7 Å². The van der Waals surface area contributed by atoms with Gasteiger partial charge in [-0.3, -0.25) is 9.59 Å². The number of nitrogens with zero attached hydrogens (tertiary/aromatic N) is 3. The van der Waals surface area contributed by atoms with E-state index in [0.717, 1.165) is 12.1 Å². The molecule has 3 rings (SSSR count). The lowest BCUT2D eigenvalue weighted by Crippen LogP contribution is -2.32. The molecule has 34 heavy (non-hydrogen) atoms. The SMILES string of the molecule is CC1CN(C(=O)Cc2ccc(OC(F)(F)F)cc2)CC1Oc1cc(C(=O)NCC#N)cnc1N. The molecule has 1 aliphatic heterocycles. The van der Waals surface area contributed by atoms with Gasteiger partial charge >= 0.3 is 6.36 Å². The monoisotopic (exact) mass is 477 g/mol. The minimum absolute atomic E-state index is 0.00395. The number of aromatic nitrogens is 1. The first-order valence-corrected chi connectivity index (χ1v) is 10.3. The highest BCUT2D eigenvalue weighted by Crippen LogP contribution is 2.28. The average Bonchev–Trinajstić information content (AvgIpc) is 3.14. The highest BCUT2D eigenvalue weighted by Gasteiger charge is 2.35. The summed E-state index contributed by atoms with van der Waals surface area (Å²) < 4.78 is 46.6. The van der Waals surface area contributed by atoms with Gasteiger partial charge < -0.3 is 25.4 Å². The van der Waals surface area contributed by atoms with Crippen LogP contribution < -0.4 is 20.5 Å². The lowest BCUT2D eigenvalue weighted by Gasteiger charge is -2.19. The summed E-state index contributed by atoms with van der Waals surface area (Å²) in [5.74, 6) is -0.852. The summed E-state index contributed by atoms with van der Waals surface area (Å²) in [6, 6.07) is 8.36. The van der Waals surface area contributed by atoms with E-state index in [1.807, 2.05) is 6.92 Å². The van der Waals surface area contributed by atoms with Gasteiger partial charge in [-0.15, -0.1) is 13.2 Å². The summed E-state index contributed by atoms with van der Waals surface area (Å²) in [6.45, 7) is 2.41.